The predicted octanol–water partition coefficient (Wildman–Crippen LogP) is 2.34. The van der Waals surface area contributed by atoms with Crippen LogP contribution in [0.2, 0.25) is 0 Å². The SMILES string of the molecule is CCOCCN(CC)C(=O)N1CCCCCC1. The number of likely N-dealkylation sites (tertiary alicyclic amines) is 1. The first-order chi connectivity index (χ1) is 8.29. The molecule has 1 rings (SSSR count). The molecule has 0 atom stereocenters. The number of ether oxygens (including phenoxy) is 1. The van der Waals surface area contributed by atoms with Crippen LogP contribution in [-0.4, -0.2) is 55.2 Å². The van der Waals surface area contributed by atoms with Gasteiger partial charge in [0.25, 0.3) is 0 Å². The maximum absolute atomic E-state index is 12.3. The van der Waals surface area contributed by atoms with Gasteiger partial charge in [-0.25, -0.2) is 4.79 Å². The van der Waals surface area contributed by atoms with Crippen LogP contribution >= 0.6 is 0 Å². The summed E-state index contributed by atoms with van der Waals surface area (Å²) in [5.74, 6) is 0. The van der Waals surface area contributed by atoms with Gasteiger partial charge in [0.15, 0.2) is 0 Å². The fourth-order valence-corrected chi connectivity index (χ4v) is 2.17. The number of amides is 2. The minimum atomic E-state index is 0.189. The molecule has 2 amide bonds. The lowest BCUT2D eigenvalue weighted by Gasteiger charge is -2.29. The molecule has 1 heterocycles. The summed E-state index contributed by atoms with van der Waals surface area (Å²) in [6.07, 6.45) is 4.81. The zero-order chi connectivity index (χ0) is 12.5. The van der Waals surface area contributed by atoms with Crippen molar-refractivity contribution in [2.75, 3.05) is 39.4 Å². The summed E-state index contributed by atoms with van der Waals surface area (Å²) in [6.45, 7) is 8.68. The van der Waals surface area contributed by atoms with Crippen molar-refractivity contribution in [2.24, 2.45) is 0 Å². The van der Waals surface area contributed by atoms with Gasteiger partial charge in [0.05, 0.1) is 6.61 Å². The van der Waals surface area contributed by atoms with E-state index in [0.717, 1.165) is 39.1 Å². The van der Waals surface area contributed by atoms with Gasteiger partial charge in [0, 0.05) is 32.8 Å². The summed E-state index contributed by atoms with van der Waals surface area (Å²) >= 11 is 0. The third kappa shape index (κ3) is 4.94. The monoisotopic (exact) mass is 242 g/mol. The largest absolute Gasteiger partial charge is 0.380 e. The molecule has 4 heteroatoms. The molecule has 0 bridgehead atoms. The highest BCUT2D eigenvalue weighted by atomic mass is 16.5. The van der Waals surface area contributed by atoms with Gasteiger partial charge in [-0.1, -0.05) is 12.8 Å². The first-order valence-electron chi connectivity index (χ1n) is 6.91. The maximum Gasteiger partial charge on any atom is 0.320 e. The zero-order valence-corrected chi connectivity index (χ0v) is 11.3. The molecule has 4 nitrogen and oxygen atoms in total. The van der Waals surface area contributed by atoms with E-state index in [2.05, 4.69) is 0 Å². The van der Waals surface area contributed by atoms with Crippen LogP contribution in [0.5, 0.6) is 0 Å². The summed E-state index contributed by atoms with van der Waals surface area (Å²) in [5, 5.41) is 0. The second-order valence-electron chi connectivity index (χ2n) is 4.46. The number of nitrogens with zero attached hydrogens (tertiary/aromatic N) is 2. The molecule has 0 aromatic rings. The molecular formula is C13H26N2O2. The van der Waals surface area contributed by atoms with Crippen LogP contribution in [0.1, 0.15) is 39.5 Å². The van der Waals surface area contributed by atoms with Crippen molar-refractivity contribution in [1.82, 2.24) is 9.80 Å². The Labute approximate surface area is 105 Å². The molecule has 0 radical (unpaired) electrons. The zero-order valence-electron chi connectivity index (χ0n) is 11.3. The minimum Gasteiger partial charge on any atom is -0.380 e. The van der Waals surface area contributed by atoms with Crippen LogP contribution in [0.4, 0.5) is 4.79 Å². The van der Waals surface area contributed by atoms with Crippen LogP contribution in [0.15, 0.2) is 0 Å². The average molecular weight is 242 g/mol. The second kappa shape index (κ2) is 8.34. The van der Waals surface area contributed by atoms with E-state index in [-0.39, 0.29) is 6.03 Å². The van der Waals surface area contributed by atoms with E-state index in [0.29, 0.717) is 13.2 Å². The highest BCUT2D eigenvalue weighted by molar-refractivity contribution is 5.74. The molecule has 0 spiro atoms. The van der Waals surface area contributed by atoms with Gasteiger partial charge >= 0.3 is 6.03 Å². The van der Waals surface area contributed by atoms with Crippen LogP contribution in [0, 0.1) is 0 Å². The fourth-order valence-electron chi connectivity index (χ4n) is 2.17. The Morgan fingerprint density at radius 3 is 2.35 bits per heavy atom. The van der Waals surface area contributed by atoms with Crippen molar-refractivity contribution in [3.05, 3.63) is 0 Å². The molecule has 1 saturated heterocycles. The molecule has 0 N–H and O–H groups in total. The molecule has 0 aliphatic carbocycles. The van der Waals surface area contributed by atoms with Gasteiger partial charge in [-0.3, -0.25) is 0 Å². The Kier molecular flexibility index (Phi) is 7.01. The van der Waals surface area contributed by atoms with Crippen LogP contribution < -0.4 is 0 Å². The number of likely N-dealkylation sites (N-methyl/N-ethyl adjacent to an activating group) is 1. The van der Waals surface area contributed by atoms with E-state index in [1.165, 1.54) is 12.8 Å². The molecule has 1 fully saturated rings. The van der Waals surface area contributed by atoms with Crippen molar-refractivity contribution >= 4 is 6.03 Å². The number of hydrogen-bond donors (Lipinski definition) is 0. The van der Waals surface area contributed by atoms with Crippen molar-refractivity contribution in [3.63, 3.8) is 0 Å². The maximum atomic E-state index is 12.3. The second-order valence-corrected chi connectivity index (χ2v) is 4.46. The normalized spacial score (nSPS) is 16.7. The van der Waals surface area contributed by atoms with E-state index in [1.54, 1.807) is 0 Å². The lowest BCUT2D eigenvalue weighted by Crippen LogP contribution is -2.44. The Hall–Kier alpha value is -0.770. The van der Waals surface area contributed by atoms with Crippen molar-refractivity contribution in [2.45, 2.75) is 39.5 Å². The average Bonchev–Trinajstić information content (AvgIpc) is 2.63. The van der Waals surface area contributed by atoms with Gasteiger partial charge < -0.3 is 14.5 Å². The Morgan fingerprint density at radius 2 is 1.82 bits per heavy atom. The van der Waals surface area contributed by atoms with E-state index < -0.39 is 0 Å². The molecule has 17 heavy (non-hydrogen) atoms. The van der Waals surface area contributed by atoms with E-state index >= 15 is 0 Å². The molecule has 0 unspecified atom stereocenters. The molecule has 0 aromatic heterocycles. The highest BCUT2D eigenvalue weighted by Crippen LogP contribution is 2.11. The number of hydrogen-bond acceptors (Lipinski definition) is 2. The number of urea groups is 1. The fraction of sp³-hybridized carbons (Fsp3) is 0.923. The number of carbonyl (C=O) groups is 1. The van der Waals surface area contributed by atoms with Crippen LogP contribution in [-0.2, 0) is 4.74 Å². The number of carbonyl (C=O) groups excluding carboxylic acids is 1. The smallest absolute Gasteiger partial charge is 0.320 e. The van der Waals surface area contributed by atoms with Gasteiger partial charge in [-0.2, -0.15) is 0 Å². The first-order valence-corrected chi connectivity index (χ1v) is 6.91. The van der Waals surface area contributed by atoms with E-state index in [9.17, 15) is 4.79 Å². The predicted molar refractivity (Wildman–Crippen MR) is 69.2 cm³/mol. The van der Waals surface area contributed by atoms with Crippen molar-refractivity contribution < 1.29 is 9.53 Å². The molecular weight excluding hydrogens is 216 g/mol. The van der Waals surface area contributed by atoms with E-state index in [4.69, 9.17) is 4.74 Å². The summed E-state index contributed by atoms with van der Waals surface area (Å²) in [7, 11) is 0. The van der Waals surface area contributed by atoms with Gasteiger partial charge in [-0.05, 0) is 26.7 Å². The topological polar surface area (TPSA) is 32.8 Å². The highest BCUT2D eigenvalue weighted by Gasteiger charge is 2.20. The lowest BCUT2D eigenvalue weighted by molar-refractivity contribution is 0.108. The van der Waals surface area contributed by atoms with Gasteiger partial charge in [-0.15, -0.1) is 0 Å². The summed E-state index contributed by atoms with van der Waals surface area (Å²) in [5.41, 5.74) is 0. The Morgan fingerprint density at radius 1 is 1.18 bits per heavy atom. The third-order valence-corrected chi connectivity index (χ3v) is 3.24. The standard InChI is InChI=1S/C13H26N2O2/c1-3-14(11-12-17-4-2)13(16)15-9-7-5-6-8-10-15/h3-12H2,1-2H3. The number of rotatable bonds is 5. The lowest BCUT2D eigenvalue weighted by atomic mass is 10.2. The summed E-state index contributed by atoms with van der Waals surface area (Å²) < 4.78 is 5.32. The molecule has 100 valence electrons. The first kappa shape index (κ1) is 14.3. The van der Waals surface area contributed by atoms with E-state index in [1.807, 2.05) is 23.6 Å². The van der Waals surface area contributed by atoms with Gasteiger partial charge in [0.1, 0.15) is 0 Å². The molecule has 0 saturated carbocycles. The minimum absolute atomic E-state index is 0.189. The summed E-state index contributed by atoms with van der Waals surface area (Å²) in [4.78, 5) is 16.2. The third-order valence-electron chi connectivity index (χ3n) is 3.24. The van der Waals surface area contributed by atoms with Gasteiger partial charge in [0.2, 0.25) is 0 Å². The molecule has 0 aromatic carbocycles. The van der Waals surface area contributed by atoms with Crippen LogP contribution in [0.3, 0.4) is 0 Å². The molecule has 1 aliphatic rings. The Balaban J connectivity index is 2.40. The Bertz CT molecular complexity index is 213. The van der Waals surface area contributed by atoms with Crippen molar-refractivity contribution in [1.29, 1.82) is 0 Å². The van der Waals surface area contributed by atoms with Crippen molar-refractivity contribution in [3.8, 4) is 0 Å². The summed E-state index contributed by atoms with van der Waals surface area (Å²) in [6, 6.07) is 0.189. The van der Waals surface area contributed by atoms with Crippen LogP contribution in [0.25, 0.3) is 0 Å². The molecule has 1 aliphatic heterocycles. The quantitative estimate of drug-likeness (QED) is 0.693.